The number of aromatic nitrogens is 3. The van der Waals surface area contributed by atoms with E-state index in [2.05, 4.69) is 38.7 Å². The highest BCUT2D eigenvalue weighted by Crippen LogP contribution is 2.41. The van der Waals surface area contributed by atoms with Gasteiger partial charge in [-0.05, 0) is 63.4 Å². The van der Waals surface area contributed by atoms with Gasteiger partial charge in [-0.1, -0.05) is 18.6 Å². The van der Waals surface area contributed by atoms with Crippen molar-refractivity contribution >= 4 is 5.91 Å². The van der Waals surface area contributed by atoms with E-state index in [1.807, 2.05) is 17.0 Å². The molecular weight excluding hydrogens is 350 g/mol. The lowest BCUT2D eigenvalue weighted by Crippen LogP contribution is -2.40. The standard InChI is InChI=1S/C22H29N5O/c1-16-13-26(15-20-23-24-21(27(16)20)18-9-10-18)22(28)19-7-5-17(6-8-19)14-25-11-3-2-4-12-25/h5-8,16,18H,2-4,9-15H2,1H3/t16-/m0/s1. The van der Waals surface area contributed by atoms with Crippen molar-refractivity contribution in [2.24, 2.45) is 0 Å². The van der Waals surface area contributed by atoms with Crippen LogP contribution in [0.3, 0.4) is 0 Å². The van der Waals surface area contributed by atoms with Crippen molar-refractivity contribution < 1.29 is 4.79 Å². The van der Waals surface area contributed by atoms with E-state index in [1.165, 1.54) is 50.8 Å². The summed E-state index contributed by atoms with van der Waals surface area (Å²) in [5, 5.41) is 8.80. The second-order valence-electron chi connectivity index (χ2n) is 8.69. The fourth-order valence-electron chi connectivity index (χ4n) is 4.65. The molecule has 0 spiro atoms. The molecule has 0 bridgehead atoms. The molecule has 148 valence electrons. The third kappa shape index (κ3) is 3.46. The molecule has 3 aliphatic rings. The van der Waals surface area contributed by atoms with Gasteiger partial charge in [0.2, 0.25) is 0 Å². The number of nitrogens with zero attached hydrogens (tertiary/aromatic N) is 5. The molecule has 1 saturated carbocycles. The number of likely N-dealkylation sites (tertiary alicyclic amines) is 1. The van der Waals surface area contributed by atoms with Gasteiger partial charge in [-0.3, -0.25) is 9.69 Å². The number of carbonyl (C=O) groups is 1. The summed E-state index contributed by atoms with van der Waals surface area (Å²) in [6.45, 7) is 6.81. The molecule has 1 amide bonds. The lowest BCUT2D eigenvalue weighted by Gasteiger charge is -2.32. The summed E-state index contributed by atoms with van der Waals surface area (Å²) < 4.78 is 2.27. The minimum absolute atomic E-state index is 0.0959. The van der Waals surface area contributed by atoms with E-state index < -0.39 is 0 Å². The number of amides is 1. The zero-order valence-corrected chi connectivity index (χ0v) is 16.7. The van der Waals surface area contributed by atoms with Crippen molar-refractivity contribution in [2.75, 3.05) is 19.6 Å². The summed E-state index contributed by atoms with van der Waals surface area (Å²) in [4.78, 5) is 17.5. The number of rotatable bonds is 4. The van der Waals surface area contributed by atoms with Gasteiger partial charge in [0.05, 0.1) is 12.6 Å². The summed E-state index contributed by atoms with van der Waals surface area (Å²) >= 11 is 0. The van der Waals surface area contributed by atoms with Gasteiger partial charge < -0.3 is 9.47 Å². The zero-order chi connectivity index (χ0) is 19.1. The fourth-order valence-corrected chi connectivity index (χ4v) is 4.65. The normalized spacial score (nSPS) is 22.9. The van der Waals surface area contributed by atoms with Crippen molar-refractivity contribution in [1.29, 1.82) is 0 Å². The number of hydrogen-bond donors (Lipinski definition) is 0. The molecule has 2 fully saturated rings. The third-order valence-electron chi connectivity index (χ3n) is 6.34. The van der Waals surface area contributed by atoms with Crippen molar-refractivity contribution in [1.82, 2.24) is 24.6 Å². The summed E-state index contributed by atoms with van der Waals surface area (Å²) in [7, 11) is 0. The molecule has 1 saturated heterocycles. The molecule has 0 N–H and O–H groups in total. The first kappa shape index (κ1) is 17.9. The first-order valence-corrected chi connectivity index (χ1v) is 10.7. The van der Waals surface area contributed by atoms with Crippen molar-refractivity contribution in [3.63, 3.8) is 0 Å². The minimum Gasteiger partial charge on any atom is -0.329 e. The van der Waals surface area contributed by atoms with Gasteiger partial charge in [0.15, 0.2) is 5.82 Å². The van der Waals surface area contributed by atoms with Crippen LogP contribution in [0.25, 0.3) is 0 Å². The number of benzene rings is 1. The molecule has 6 nitrogen and oxygen atoms in total. The Morgan fingerprint density at radius 2 is 1.82 bits per heavy atom. The van der Waals surface area contributed by atoms with E-state index in [0.717, 1.165) is 30.3 Å². The van der Waals surface area contributed by atoms with Gasteiger partial charge in [-0.2, -0.15) is 0 Å². The average molecular weight is 380 g/mol. The molecule has 0 unspecified atom stereocenters. The molecular formula is C22H29N5O. The van der Waals surface area contributed by atoms with Gasteiger partial charge in [0, 0.05) is 24.6 Å². The van der Waals surface area contributed by atoms with Gasteiger partial charge in [-0.25, -0.2) is 0 Å². The van der Waals surface area contributed by atoms with Crippen LogP contribution in [0.15, 0.2) is 24.3 Å². The first-order chi connectivity index (χ1) is 13.7. The van der Waals surface area contributed by atoms with E-state index in [0.29, 0.717) is 12.5 Å². The highest BCUT2D eigenvalue weighted by atomic mass is 16.2. The maximum atomic E-state index is 13.1. The molecule has 1 aliphatic carbocycles. The third-order valence-corrected chi connectivity index (χ3v) is 6.34. The van der Waals surface area contributed by atoms with Gasteiger partial charge in [-0.15, -0.1) is 10.2 Å². The summed E-state index contributed by atoms with van der Waals surface area (Å²) in [6.07, 6.45) is 6.40. The van der Waals surface area contributed by atoms with E-state index in [-0.39, 0.29) is 11.9 Å². The topological polar surface area (TPSA) is 54.3 Å². The van der Waals surface area contributed by atoms with Crippen LogP contribution in [-0.4, -0.2) is 50.1 Å². The lowest BCUT2D eigenvalue weighted by atomic mass is 10.1. The highest BCUT2D eigenvalue weighted by Gasteiger charge is 2.35. The Hall–Kier alpha value is -2.21. The van der Waals surface area contributed by atoms with Crippen LogP contribution in [0.1, 0.15) is 78.6 Å². The molecule has 3 heterocycles. The SMILES string of the molecule is C[C@H]1CN(C(=O)c2ccc(CN3CCCCC3)cc2)Cc2nnc(C3CC3)n21. The fraction of sp³-hybridized carbons (Fsp3) is 0.591. The highest BCUT2D eigenvalue weighted by molar-refractivity contribution is 5.94. The largest absolute Gasteiger partial charge is 0.329 e. The molecule has 1 aromatic heterocycles. The maximum absolute atomic E-state index is 13.1. The Morgan fingerprint density at radius 1 is 1.07 bits per heavy atom. The van der Waals surface area contributed by atoms with Crippen molar-refractivity contribution in [3.8, 4) is 0 Å². The molecule has 0 radical (unpaired) electrons. The number of fused-ring (bicyclic) bond motifs is 1. The Bertz CT molecular complexity index is 848. The predicted octanol–water partition coefficient (Wildman–Crippen LogP) is 3.36. The average Bonchev–Trinajstić information content (AvgIpc) is 3.47. The smallest absolute Gasteiger partial charge is 0.254 e. The molecule has 1 aromatic carbocycles. The molecule has 1 atom stereocenters. The molecule has 6 heteroatoms. The number of piperidine rings is 1. The molecule has 2 aliphatic heterocycles. The maximum Gasteiger partial charge on any atom is 0.254 e. The van der Waals surface area contributed by atoms with Crippen LogP contribution in [0.2, 0.25) is 0 Å². The van der Waals surface area contributed by atoms with E-state index in [1.54, 1.807) is 0 Å². The number of carbonyl (C=O) groups excluding carboxylic acids is 1. The second kappa shape index (κ2) is 7.32. The van der Waals surface area contributed by atoms with E-state index in [4.69, 9.17) is 0 Å². The monoisotopic (exact) mass is 379 g/mol. The van der Waals surface area contributed by atoms with Crippen molar-refractivity contribution in [3.05, 3.63) is 47.0 Å². The van der Waals surface area contributed by atoms with Crippen LogP contribution in [0.5, 0.6) is 0 Å². The van der Waals surface area contributed by atoms with Crippen LogP contribution < -0.4 is 0 Å². The van der Waals surface area contributed by atoms with Gasteiger partial charge in [0.1, 0.15) is 5.82 Å². The zero-order valence-electron chi connectivity index (χ0n) is 16.7. The summed E-state index contributed by atoms with van der Waals surface area (Å²) in [5.74, 6) is 2.73. The van der Waals surface area contributed by atoms with E-state index >= 15 is 0 Å². The molecule has 5 rings (SSSR count). The molecule has 2 aromatic rings. The quantitative estimate of drug-likeness (QED) is 0.817. The molecule has 28 heavy (non-hydrogen) atoms. The lowest BCUT2D eigenvalue weighted by molar-refractivity contribution is 0.0679. The Balaban J connectivity index is 1.27. The van der Waals surface area contributed by atoms with Crippen LogP contribution in [0.4, 0.5) is 0 Å². The van der Waals surface area contributed by atoms with Crippen LogP contribution in [-0.2, 0) is 13.1 Å². The Labute approximate surface area is 166 Å². The van der Waals surface area contributed by atoms with Crippen molar-refractivity contribution in [2.45, 2.75) is 64.1 Å². The van der Waals surface area contributed by atoms with Crippen LogP contribution >= 0.6 is 0 Å². The summed E-state index contributed by atoms with van der Waals surface area (Å²) in [5.41, 5.74) is 2.06. The Morgan fingerprint density at radius 3 is 2.54 bits per heavy atom. The van der Waals surface area contributed by atoms with Gasteiger partial charge in [0.25, 0.3) is 5.91 Å². The van der Waals surface area contributed by atoms with Gasteiger partial charge >= 0.3 is 0 Å². The van der Waals surface area contributed by atoms with Crippen LogP contribution in [0, 0.1) is 0 Å². The summed E-state index contributed by atoms with van der Waals surface area (Å²) in [6, 6.07) is 8.44. The number of hydrogen-bond acceptors (Lipinski definition) is 4. The first-order valence-electron chi connectivity index (χ1n) is 10.7. The Kier molecular flexibility index (Phi) is 4.67. The predicted molar refractivity (Wildman–Crippen MR) is 107 cm³/mol. The van der Waals surface area contributed by atoms with E-state index in [9.17, 15) is 4.79 Å². The second-order valence-corrected chi connectivity index (χ2v) is 8.69. The minimum atomic E-state index is 0.0959.